The Morgan fingerprint density at radius 2 is 1.76 bits per heavy atom. The second kappa shape index (κ2) is 10.8. The summed E-state index contributed by atoms with van der Waals surface area (Å²) in [6, 6.07) is 9.69. The molecule has 140 valence electrons. The molecule has 2 heteroatoms. The summed E-state index contributed by atoms with van der Waals surface area (Å²) in [6.07, 6.45) is 8.88. The van der Waals surface area contributed by atoms with Gasteiger partial charge in [-0.15, -0.1) is 0 Å². The minimum Gasteiger partial charge on any atom is -0.301 e. The van der Waals surface area contributed by atoms with Crippen LogP contribution in [-0.4, -0.2) is 48.6 Å². The second-order valence-electron chi connectivity index (χ2n) is 7.14. The van der Waals surface area contributed by atoms with Crippen LogP contribution < -0.4 is 0 Å². The molecule has 0 spiro atoms. The van der Waals surface area contributed by atoms with Crippen molar-refractivity contribution in [2.75, 3.05) is 32.7 Å². The number of hydrogen-bond acceptors (Lipinski definition) is 2. The fraction of sp³-hybridized carbons (Fsp3) is 0.652. The fourth-order valence-corrected chi connectivity index (χ4v) is 4.23. The number of hydrogen-bond donors (Lipinski definition) is 0. The predicted molar refractivity (Wildman–Crippen MR) is 111 cm³/mol. The molecule has 1 aromatic carbocycles. The standard InChI is InChI=1S/C21H32N2.C2H6/c1-3-13-23(4-2)21-11-14-22(15-12-21)17-18-9-10-19-7-5-6-8-20(19)16-18;1-2/h5-8,16,21H,3-4,9-15,17H2,1-2H3;1-2H3. The van der Waals surface area contributed by atoms with E-state index in [0.29, 0.717) is 0 Å². The third-order valence-corrected chi connectivity index (χ3v) is 5.55. The monoisotopic (exact) mass is 342 g/mol. The van der Waals surface area contributed by atoms with E-state index in [1.165, 1.54) is 76.0 Å². The highest BCUT2D eigenvalue weighted by Gasteiger charge is 2.24. The minimum atomic E-state index is 0.817. The number of likely N-dealkylation sites (tertiary alicyclic amines) is 1. The van der Waals surface area contributed by atoms with E-state index in [2.05, 4.69) is 54.0 Å². The Kier molecular flexibility index (Phi) is 8.71. The van der Waals surface area contributed by atoms with E-state index >= 15 is 0 Å². The molecule has 0 unspecified atom stereocenters. The Bertz CT molecular complexity index is 527. The lowest BCUT2D eigenvalue weighted by Crippen LogP contribution is -2.45. The van der Waals surface area contributed by atoms with Crippen molar-refractivity contribution in [2.45, 2.75) is 65.8 Å². The zero-order chi connectivity index (χ0) is 18.1. The smallest absolute Gasteiger partial charge is 0.0196 e. The maximum absolute atomic E-state index is 2.69. The van der Waals surface area contributed by atoms with Crippen molar-refractivity contribution in [3.05, 3.63) is 41.0 Å². The van der Waals surface area contributed by atoms with Crippen LogP contribution in [0.1, 0.15) is 64.5 Å². The molecule has 0 bridgehead atoms. The van der Waals surface area contributed by atoms with E-state index in [9.17, 15) is 0 Å². The van der Waals surface area contributed by atoms with Gasteiger partial charge in [-0.05, 0) is 69.4 Å². The number of piperidine rings is 1. The second-order valence-corrected chi connectivity index (χ2v) is 7.14. The molecule has 3 rings (SSSR count). The molecule has 1 aliphatic carbocycles. The van der Waals surface area contributed by atoms with Gasteiger partial charge in [-0.2, -0.15) is 0 Å². The zero-order valence-electron chi connectivity index (χ0n) is 16.9. The molecule has 0 saturated carbocycles. The van der Waals surface area contributed by atoms with Crippen LogP contribution >= 0.6 is 0 Å². The molecule has 1 saturated heterocycles. The highest BCUT2D eigenvalue weighted by atomic mass is 15.2. The molecule has 1 fully saturated rings. The van der Waals surface area contributed by atoms with Crippen LogP contribution in [0.4, 0.5) is 0 Å². The molecule has 0 aromatic heterocycles. The van der Waals surface area contributed by atoms with Crippen LogP contribution in [0.3, 0.4) is 0 Å². The number of benzene rings is 1. The summed E-state index contributed by atoms with van der Waals surface area (Å²) in [4.78, 5) is 5.36. The Labute approximate surface area is 155 Å². The van der Waals surface area contributed by atoms with Crippen LogP contribution in [0.25, 0.3) is 6.08 Å². The van der Waals surface area contributed by atoms with Gasteiger partial charge in [0.05, 0.1) is 0 Å². The molecule has 25 heavy (non-hydrogen) atoms. The summed E-state index contributed by atoms with van der Waals surface area (Å²) >= 11 is 0. The normalized spacial score (nSPS) is 18.4. The number of rotatable bonds is 6. The first-order valence-corrected chi connectivity index (χ1v) is 10.5. The summed E-state index contributed by atoms with van der Waals surface area (Å²) in [6.45, 7) is 14.8. The quantitative estimate of drug-likeness (QED) is 0.697. The van der Waals surface area contributed by atoms with E-state index in [1.54, 1.807) is 5.57 Å². The molecule has 0 N–H and O–H groups in total. The van der Waals surface area contributed by atoms with E-state index in [-0.39, 0.29) is 0 Å². The highest BCUT2D eigenvalue weighted by molar-refractivity contribution is 5.59. The van der Waals surface area contributed by atoms with Crippen molar-refractivity contribution in [1.29, 1.82) is 0 Å². The van der Waals surface area contributed by atoms with Crippen molar-refractivity contribution in [1.82, 2.24) is 9.80 Å². The van der Waals surface area contributed by atoms with Gasteiger partial charge in [0.15, 0.2) is 0 Å². The average Bonchev–Trinajstić information content (AvgIpc) is 2.68. The lowest BCUT2D eigenvalue weighted by molar-refractivity contribution is 0.117. The molecule has 1 aliphatic heterocycles. The first kappa shape index (κ1) is 20.2. The third kappa shape index (κ3) is 5.69. The highest BCUT2D eigenvalue weighted by Crippen LogP contribution is 2.25. The SMILES string of the molecule is CC.CCCN(CC)C1CCN(CC2=Cc3ccccc3CC2)CC1. The fourth-order valence-electron chi connectivity index (χ4n) is 4.23. The molecular weight excluding hydrogens is 304 g/mol. The van der Waals surface area contributed by atoms with E-state index in [1.807, 2.05) is 13.8 Å². The van der Waals surface area contributed by atoms with Gasteiger partial charge in [0, 0.05) is 12.6 Å². The summed E-state index contributed by atoms with van der Waals surface area (Å²) in [7, 11) is 0. The average molecular weight is 343 g/mol. The van der Waals surface area contributed by atoms with E-state index < -0.39 is 0 Å². The third-order valence-electron chi connectivity index (χ3n) is 5.55. The Hall–Kier alpha value is -1.12. The molecule has 0 atom stereocenters. The zero-order valence-corrected chi connectivity index (χ0v) is 16.9. The van der Waals surface area contributed by atoms with Gasteiger partial charge in [0.1, 0.15) is 0 Å². The maximum atomic E-state index is 2.69. The molecule has 1 aromatic rings. The van der Waals surface area contributed by atoms with Gasteiger partial charge in [0.2, 0.25) is 0 Å². The Morgan fingerprint density at radius 3 is 2.44 bits per heavy atom. The minimum absolute atomic E-state index is 0.817. The van der Waals surface area contributed by atoms with Crippen LogP contribution in [0.2, 0.25) is 0 Å². The van der Waals surface area contributed by atoms with Gasteiger partial charge in [-0.25, -0.2) is 0 Å². The van der Waals surface area contributed by atoms with Crippen LogP contribution in [0.5, 0.6) is 0 Å². The summed E-state index contributed by atoms with van der Waals surface area (Å²) in [5, 5.41) is 0. The van der Waals surface area contributed by atoms with Gasteiger partial charge in [-0.3, -0.25) is 4.90 Å². The lowest BCUT2D eigenvalue weighted by Gasteiger charge is -2.38. The Balaban J connectivity index is 0.00000109. The van der Waals surface area contributed by atoms with Gasteiger partial charge < -0.3 is 4.90 Å². The first-order chi connectivity index (χ1) is 12.3. The number of fused-ring (bicyclic) bond motifs is 1. The van der Waals surface area contributed by atoms with Crippen LogP contribution in [-0.2, 0) is 6.42 Å². The summed E-state index contributed by atoms with van der Waals surface area (Å²) in [5.74, 6) is 0. The molecule has 2 aliphatic rings. The largest absolute Gasteiger partial charge is 0.301 e. The van der Waals surface area contributed by atoms with Gasteiger partial charge >= 0.3 is 0 Å². The molecule has 0 radical (unpaired) electrons. The molecule has 2 nitrogen and oxygen atoms in total. The summed E-state index contributed by atoms with van der Waals surface area (Å²) in [5.41, 5.74) is 4.60. The molecule has 1 heterocycles. The first-order valence-electron chi connectivity index (χ1n) is 10.5. The number of nitrogens with zero attached hydrogens (tertiary/aromatic N) is 2. The van der Waals surface area contributed by atoms with Gasteiger partial charge in [-0.1, -0.05) is 63.6 Å². The van der Waals surface area contributed by atoms with E-state index in [4.69, 9.17) is 0 Å². The van der Waals surface area contributed by atoms with Crippen LogP contribution in [0, 0.1) is 0 Å². The summed E-state index contributed by atoms with van der Waals surface area (Å²) < 4.78 is 0. The van der Waals surface area contributed by atoms with Gasteiger partial charge in [0.25, 0.3) is 0 Å². The van der Waals surface area contributed by atoms with Crippen LogP contribution in [0.15, 0.2) is 29.8 Å². The van der Waals surface area contributed by atoms with Crippen molar-refractivity contribution >= 4 is 6.08 Å². The number of aryl methyl sites for hydroxylation is 1. The van der Waals surface area contributed by atoms with Crippen molar-refractivity contribution in [3.8, 4) is 0 Å². The van der Waals surface area contributed by atoms with Crippen molar-refractivity contribution in [3.63, 3.8) is 0 Å². The topological polar surface area (TPSA) is 6.48 Å². The predicted octanol–water partition coefficient (Wildman–Crippen LogP) is 5.24. The Morgan fingerprint density at radius 1 is 1.04 bits per heavy atom. The maximum Gasteiger partial charge on any atom is 0.0196 e. The molecule has 0 amide bonds. The molecular formula is C23H38N2. The van der Waals surface area contributed by atoms with Crippen molar-refractivity contribution < 1.29 is 0 Å². The van der Waals surface area contributed by atoms with Crippen molar-refractivity contribution in [2.24, 2.45) is 0 Å². The lowest BCUT2D eigenvalue weighted by atomic mass is 9.91. The van der Waals surface area contributed by atoms with E-state index in [0.717, 1.165) is 6.04 Å².